The molecule has 0 bridgehead atoms. The Balaban J connectivity index is 0.927. The molecule has 0 unspecified atom stereocenters. The first-order valence-corrected chi connectivity index (χ1v) is 21.3. The summed E-state index contributed by atoms with van der Waals surface area (Å²) in [5.74, 6) is -3.08. The van der Waals surface area contributed by atoms with Crippen LogP contribution in [0.2, 0.25) is 0 Å². The second-order valence-corrected chi connectivity index (χ2v) is 15.9. The van der Waals surface area contributed by atoms with Crippen LogP contribution in [0.3, 0.4) is 0 Å². The van der Waals surface area contributed by atoms with Crippen molar-refractivity contribution in [2.75, 3.05) is 0 Å². The zero-order chi connectivity index (χ0) is 42.8. The van der Waals surface area contributed by atoms with Gasteiger partial charge in [0.15, 0.2) is 0 Å². The van der Waals surface area contributed by atoms with Gasteiger partial charge in [-0.2, -0.15) is 8.78 Å². The van der Waals surface area contributed by atoms with Crippen molar-refractivity contribution in [2.24, 2.45) is 0 Å². The summed E-state index contributed by atoms with van der Waals surface area (Å²) in [5, 5.41) is 0. The van der Waals surface area contributed by atoms with E-state index in [2.05, 4.69) is 115 Å². The van der Waals surface area contributed by atoms with E-state index in [9.17, 15) is 0 Å². The van der Waals surface area contributed by atoms with E-state index in [4.69, 9.17) is 9.97 Å². The molecule has 2 heterocycles. The molecular weight excluding hydrogens is 775 g/mol. The third kappa shape index (κ3) is 7.95. The molecule has 0 spiro atoms. The molecule has 2 aromatic heterocycles. The van der Waals surface area contributed by atoms with Crippen molar-refractivity contribution >= 4 is 5.57 Å². The maximum Gasteiger partial charge on any atom is 0.299 e. The van der Waals surface area contributed by atoms with E-state index in [1.807, 2.05) is 104 Å². The minimum atomic E-state index is -3.08. The number of fused-ring (bicyclic) bond motifs is 3. The largest absolute Gasteiger partial charge is 0.299 e. The molecule has 1 aliphatic carbocycles. The van der Waals surface area contributed by atoms with E-state index >= 15 is 8.78 Å². The molecule has 302 valence electrons. The van der Waals surface area contributed by atoms with Crippen LogP contribution in [-0.4, -0.2) is 9.97 Å². The Hall–Kier alpha value is -7.82. The van der Waals surface area contributed by atoms with Gasteiger partial charge in [-0.1, -0.05) is 194 Å². The molecule has 0 atom stereocenters. The molecule has 0 saturated heterocycles. The number of aromatic nitrogens is 2. The SMILES string of the molecule is C/C=C(\C=C/Cc1ccc2c(c1)-c1cc(-c3ccc(-c4cc(-c5ccccc5)nc(-c5ccccc5)c4)cc3)ccc1C2(F)F)c1cc(-c2ccccc2)cc(-c2ccccc2)n1. The number of halogens is 2. The van der Waals surface area contributed by atoms with Crippen LogP contribution in [0, 0.1) is 0 Å². The highest BCUT2D eigenvalue weighted by Crippen LogP contribution is 2.52. The third-order valence-corrected chi connectivity index (χ3v) is 11.8. The quantitative estimate of drug-likeness (QED) is 0.129. The zero-order valence-corrected chi connectivity index (χ0v) is 34.7. The van der Waals surface area contributed by atoms with E-state index < -0.39 is 5.92 Å². The van der Waals surface area contributed by atoms with Crippen molar-refractivity contribution in [2.45, 2.75) is 19.3 Å². The topological polar surface area (TPSA) is 25.8 Å². The normalized spacial score (nSPS) is 12.9. The lowest BCUT2D eigenvalue weighted by Gasteiger charge is -2.13. The molecular formula is C59H42F2N2. The molecule has 7 aromatic carbocycles. The fourth-order valence-electron chi connectivity index (χ4n) is 8.53. The fourth-order valence-corrected chi connectivity index (χ4v) is 8.53. The molecule has 0 amide bonds. The number of pyridine rings is 2. The van der Waals surface area contributed by atoms with Gasteiger partial charge in [-0.05, 0) is 99.3 Å². The highest BCUT2D eigenvalue weighted by atomic mass is 19.3. The Labute approximate surface area is 367 Å². The smallest absolute Gasteiger partial charge is 0.248 e. The van der Waals surface area contributed by atoms with Gasteiger partial charge in [0.05, 0.1) is 22.8 Å². The lowest BCUT2D eigenvalue weighted by molar-refractivity contribution is 0.0480. The van der Waals surface area contributed by atoms with Crippen LogP contribution < -0.4 is 0 Å². The molecule has 4 heteroatoms. The summed E-state index contributed by atoms with van der Waals surface area (Å²) >= 11 is 0. The lowest BCUT2D eigenvalue weighted by atomic mass is 9.95. The van der Waals surface area contributed by atoms with Gasteiger partial charge >= 0.3 is 0 Å². The first-order chi connectivity index (χ1) is 30.9. The first-order valence-electron chi connectivity index (χ1n) is 21.3. The Morgan fingerprint density at radius 1 is 0.429 bits per heavy atom. The maximum absolute atomic E-state index is 16.0. The molecule has 0 aliphatic heterocycles. The van der Waals surface area contributed by atoms with Crippen molar-refractivity contribution in [3.63, 3.8) is 0 Å². The highest BCUT2D eigenvalue weighted by Gasteiger charge is 2.44. The van der Waals surface area contributed by atoms with Gasteiger partial charge in [0, 0.05) is 27.8 Å². The standard InChI is InChI=1S/C59H42F2N2/c1-2-41(55-36-49(42-17-7-3-8-18-42)37-56(62-55)45-19-9-4-10-20-45)25-15-16-40-26-32-53-51(34-40)52-35-48(31-33-54(52)59(53,60)61)43-27-29-44(30-28-43)50-38-57(46-21-11-5-12-22-46)63-58(39-50)47-23-13-6-14-24-47/h2-15,17-39H,16H2,1H3/b25-15-,41-2+. The zero-order valence-electron chi connectivity index (χ0n) is 34.7. The van der Waals surface area contributed by atoms with Crippen LogP contribution in [0.5, 0.6) is 0 Å². The third-order valence-electron chi connectivity index (χ3n) is 11.8. The number of allylic oxidation sites excluding steroid dienone is 4. The van der Waals surface area contributed by atoms with E-state index in [0.29, 0.717) is 17.5 Å². The monoisotopic (exact) mass is 816 g/mol. The molecule has 10 rings (SSSR count). The Kier molecular flexibility index (Phi) is 10.6. The van der Waals surface area contributed by atoms with Gasteiger partial charge in [0.25, 0.3) is 5.92 Å². The van der Waals surface area contributed by atoms with E-state index in [1.165, 1.54) is 0 Å². The number of alkyl halides is 2. The summed E-state index contributed by atoms with van der Waals surface area (Å²) in [6.45, 7) is 2.01. The van der Waals surface area contributed by atoms with E-state index in [-0.39, 0.29) is 11.1 Å². The van der Waals surface area contributed by atoms with E-state index in [0.717, 1.165) is 84.0 Å². The van der Waals surface area contributed by atoms with Crippen molar-refractivity contribution < 1.29 is 8.78 Å². The predicted octanol–water partition coefficient (Wildman–Crippen LogP) is 15.8. The molecule has 1 aliphatic rings. The van der Waals surface area contributed by atoms with Gasteiger partial charge in [-0.25, -0.2) is 9.97 Å². The van der Waals surface area contributed by atoms with Gasteiger partial charge in [-0.3, -0.25) is 0 Å². The number of hydrogen-bond acceptors (Lipinski definition) is 2. The fraction of sp³-hybridized carbons (Fsp3) is 0.0508. The van der Waals surface area contributed by atoms with Crippen molar-refractivity contribution in [3.8, 4) is 78.3 Å². The highest BCUT2D eigenvalue weighted by molar-refractivity contribution is 5.85. The Bertz CT molecular complexity index is 3020. The summed E-state index contributed by atoms with van der Waals surface area (Å²) in [6.07, 6.45) is 6.82. The molecule has 0 saturated carbocycles. The summed E-state index contributed by atoms with van der Waals surface area (Å²) in [7, 11) is 0. The summed E-state index contributed by atoms with van der Waals surface area (Å²) in [6, 6.07) is 68.5. The lowest BCUT2D eigenvalue weighted by Crippen LogP contribution is -2.10. The summed E-state index contributed by atoms with van der Waals surface area (Å²) in [4.78, 5) is 10.1. The average Bonchev–Trinajstić information content (AvgIpc) is 3.58. The molecule has 9 aromatic rings. The summed E-state index contributed by atoms with van der Waals surface area (Å²) in [5.41, 5.74) is 16.0. The van der Waals surface area contributed by atoms with Gasteiger partial charge in [-0.15, -0.1) is 0 Å². The van der Waals surface area contributed by atoms with Crippen LogP contribution in [0.4, 0.5) is 8.78 Å². The Morgan fingerprint density at radius 3 is 1.40 bits per heavy atom. The van der Waals surface area contributed by atoms with Crippen molar-refractivity contribution in [3.05, 3.63) is 247 Å². The number of hydrogen-bond donors (Lipinski definition) is 0. The summed E-state index contributed by atoms with van der Waals surface area (Å²) < 4.78 is 32.0. The van der Waals surface area contributed by atoms with Crippen LogP contribution in [0.15, 0.2) is 224 Å². The number of nitrogens with zero attached hydrogens (tertiary/aromatic N) is 2. The minimum absolute atomic E-state index is 0.0408. The van der Waals surface area contributed by atoms with Crippen molar-refractivity contribution in [1.82, 2.24) is 9.97 Å². The van der Waals surface area contributed by atoms with Gasteiger partial charge in [0.1, 0.15) is 0 Å². The van der Waals surface area contributed by atoms with Crippen LogP contribution in [-0.2, 0) is 12.3 Å². The van der Waals surface area contributed by atoms with Crippen LogP contribution >= 0.6 is 0 Å². The maximum atomic E-state index is 16.0. The van der Waals surface area contributed by atoms with Crippen molar-refractivity contribution in [1.29, 1.82) is 0 Å². The average molecular weight is 817 g/mol. The number of rotatable bonds is 10. The predicted molar refractivity (Wildman–Crippen MR) is 256 cm³/mol. The van der Waals surface area contributed by atoms with Crippen LogP contribution in [0.1, 0.15) is 29.3 Å². The van der Waals surface area contributed by atoms with Crippen LogP contribution in [0.25, 0.3) is 83.9 Å². The second kappa shape index (κ2) is 16.9. The number of benzene rings is 7. The second-order valence-electron chi connectivity index (χ2n) is 15.9. The molecule has 0 fully saturated rings. The Morgan fingerprint density at radius 2 is 0.857 bits per heavy atom. The van der Waals surface area contributed by atoms with Gasteiger partial charge in [0.2, 0.25) is 0 Å². The minimum Gasteiger partial charge on any atom is -0.248 e. The first kappa shape index (κ1) is 39.3. The molecule has 0 N–H and O–H groups in total. The van der Waals surface area contributed by atoms with Gasteiger partial charge < -0.3 is 0 Å². The molecule has 0 radical (unpaired) electrons. The molecule has 2 nitrogen and oxygen atoms in total. The molecule has 63 heavy (non-hydrogen) atoms. The van der Waals surface area contributed by atoms with E-state index in [1.54, 1.807) is 12.1 Å².